The summed E-state index contributed by atoms with van der Waals surface area (Å²) in [6.07, 6.45) is 3.38. The van der Waals surface area contributed by atoms with Crippen LogP contribution in [0.3, 0.4) is 0 Å². The summed E-state index contributed by atoms with van der Waals surface area (Å²) in [6, 6.07) is 18.9. The first-order valence-electron chi connectivity index (χ1n) is 10.0. The van der Waals surface area contributed by atoms with Gasteiger partial charge in [-0.1, -0.05) is 49.9 Å². The van der Waals surface area contributed by atoms with E-state index >= 15 is 0 Å². The summed E-state index contributed by atoms with van der Waals surface area (Å²) in [4.78, 5) is 8.70. The fourth-order valence-corrected chi connectivity index (χ4v) is 5.27. The third kappa shape index (κ3) is 3.50. The molecule has 4 nitrogen and oxygen atoms in total. The normalized spacial score (nSPS) is 17.5. The molecule has 5 heteroatoms. The molecule has 2 aromatic carbocycles. The van der Waals surface area contributed by atoms with Crippen LogP contribution in [0, 0.1) is 11.3 Å². The Bertz CT molecular complexity index is 913. The third-order valence-electron chi connectivity index (χ3n) is 5.51. The van der Waals surface area contributed by atoms with Gasteiger partial charge in [-0.25, -0.2) is 0 Å². The summed E-state index contributed by atoms with van der Waals surface area (Å²) in [6.45, 7) is 8.76. The van der Waals surface area contributed by atoms with Gasteiger partial charge >= 0.3 is 0 Å². The van der Waals surface area contributed by atoms with Gasteiger partial charge in [-0.2, -0.15) is 5.26 Å². The van der Waals surface area contributed by atoms with Gasteiger partial charge in [0.15, 0.2) is 5.50 Å². The quantitative estimate of drug-likeness (QED) is 0.678. The number of nitrogens with zero attached hydrogens (tertiary/aromatic N) is 4. The molecule has 0 N–H and O–H groups in total. The average Bonchev–Trinajstić information content (AvgIpc) is 3.28. The van der Waals surface area contributed by atoms with Crippen LogP contribution < -0.4 is 4.90 Å². The lowest BCUT2D eigenvalue weighted by Crippen LogP contribution is -2.36. The first-order valence-corrected chi connectivity index (χ1v) is 10.9. The van der Waals surface area contributed by atoms with Crippen molar-refractivity contribution in [3.8, 4) is 6.07 Å². The molecule has 1 atom stereocenters. The van der Waals surface area contributed by atoms with Crippen molar-refractivity contribution in [2.45, 2.75) is 30.7 Å². The number of rotatable bonds is 7. The molecule has 0 amide bonds. The number of nitriles is 1. The smallest absolute Gasteiger partial charge is 0.159 e. The Kier molecular flexibility index (Phi) is 5.61. The molecule has 0 spiro atoms. The lowest BCUT2D eigenvalue weighted by atomic mass is 10.1. The fraction of sp³-hybridized carbons (Fsp3) is 0.348. The van der Waals surface area contributed by atoms with E-state index in [0.717, 1.165) is 38.2 Å². The summed E-state index contributed by atoms with van der Waals surface area (Å²) < 4.78 is 0. The molecule has 4 rings (SSSR count). The van der Waals surface area contributed by atoms with Gasteiger partial charge in [0.2, 0.25) is 0 Å². The largest absolute Gasteiger partial charge is 0.340 e. The van der Waals surface area contributed by atoms with Gasteiger partial charge in [0.1, 0.15) is 0 Å². The van der Waals surface area contributed by atoms with Gasteiger partial charge in [0.25, 0.3) is 0 Å². The summed E-state index contributed by atoms with van der Waals surface area (Å²) in [5, 5.41) is 9.32. The first kappa shape index (κ1) is 18.9. The number of thioether (sulfide) groups is 1. The third-order valence-corrected chi connectivity index (χ3v) is 6.80. The maximum Gasteiger partial charge on any atom is 0.159 e. The van der Waals surface area contributed by atoms with Crippen molar-refractivity contribution in [1.82, 2.24) is 9.80 Å². The minimum Gasteiger partial charge on any atom is -0.340 e. The van der Waals surface area contributed by atoms with Crippen LogP contribution in [0.5, 0.6) is 0 Å². The van der Waals surface area contributed by atoms with Gasteiger partial charge in [0.05, 0.1) is 23.0 Å². The Hall–Kier alpha value is -2.42. The maximum atomic E-state index is 9.32. The molecule has 0 fully saturated rings. The lowest BCUT2D eigenvalue weighted by molar-refractivity contribution is 0.278. The molecule has 0 aromatic heterocycles. The Balaban J connectivity index is 1.62. The number of hydrogen-bond donors (Lipinski definition) is 0. The van der Waals surface area contributed by atoms with E-state index in [2.05, 4.69) is 71.1 Å². The van der Waals surface area contributed by atoms with Crippen LogP contribution in [-0.4, -0.2) is 41.5 Å². The van der Waals surface area contributed by atoms with E-state index in [9.17, 15) is 5.26 Å². The minimum atomic E-state index is 0.259. The van der Waals surface area contributed by atoms with Crippen LogP contribution in [0.2, 0.25) is 0 Å². The van der Waals surface area contributed by atoms with Crippen LogP contribution in [0.4, 0.5) is 5.69 Å². The standard InChI is InChI=1S/C23H26N4S/c1-3-25(4-2)13-8-14-26-21(19-10-7-9-18(15-19)16-24)17-27-20-11-5-6-12-22(20)28-23(26)27/h5-7,9-12,15,17,23H,3-4,8,13-14H2,1-2H3. The Labute approximate surface area is 172 Å². The van der Waals surface area contributed by atoms with Gasteiger partial charge in [-0.15, -0.1) is 0 Å². The van der Waals surface area contributed by atoms with E-state index in [4.69, 9.17) is 0 Å². The van der Waals surface area contributed by atoms with Crippen LogP contribution in [-0.2, 0) is 0 Å². The molecule has 2 heterocycles. The second-order valence-electron chi connectivity index (χ2n) is 7.10. The highest BCUT2D eigenvalue weighted by atomic mass is 32.2. The van der Waals surface area contributed by atoms with E-state index in [1.54, 1.807) is 0 Å². The van der Waals surface area contributed by atoms with Crippen LogP contribution in [0.1, 0.15) is 31.4 Å². The predicted octanol–water partition coefficient (Wildman–Crippen LogP) is 4.80. The Morgan fingerprint density at radius 1 is 1.11 bits per heavy atom. The molecule has 0 bridgehead atoms. The highest BCUT2D eigenvalue weighted by molar-refractivity contribution is 8.00. The molecular weight excluding hydrogens is 364 g/mol. The van der Waals surface area contributed by atoms with Crippen molar-refractivity contribution >= 4 is 23.1 Å². The molecule has 2 aliphatic rings. The van der Waals surface area contributed by atoms with Crippen molar-refractivity contribution in [2.75, 3.05) is 31.1 Å². The number of anilines is 1. The zero-order valence-corrected chi connectivity index (χ0v) is 17.3. The van der Waals surface area contributed by atoms with E-state index in [-0.39, 0.29) is 5.50 Å². The number of benzene rings is 2. The molecule has 28 heavy (non-hydrogen) atoms. The predicted molar refractivity (Wildman–Crippen MR) is 117 cm³/mol. The maximum absolute atomic E-state index is 9.32. The molecule has 2 aliphatic heterocycles. The Morgan fingerprint density at radius 3 is 2.71 bits per heavy atom. The summed E-state index contributed by atoms with van der Waals surface area (Å²) >= 11 is 1.91. The molecule has 144 valence electrons. The SMILES string of the molecule is CCN(CC)CCCN1C(c2cccc(C#N)c2)=CN2c3ccccc3SC12. The second-order valence-corrected chi connectivity index (χ2v) is 8.20. The van der Waals surface area contributed by atoms with Crippen LogP contribution in [0.15, 0.2) is 59.6 Å². The molecule has 0 radical (unpaired) electrons. The van der Waals surface area contributed by atoms with Crippen molar-refractivity contribution in [2.24, 2.45) is 0 Å². The van der Waals surface area contributed by atoms with E-state index < -0.39 is 0 Å². The monoisotopic (exact) mass is 390 g/mol. The molecule has 0 aliphatic carbocycles. The van der Waals surface area contributed by atoms with Crippen molar-refractivity contribution < 1.29 is 0 Å². The van der Waals surface area contributed by atoms with Crippen LogP contribution in [0.25, 0.3) is 5.70 Å². The van der Waals surface area contributed by atoms with Crippen molar-refractivity contribution in [3.05, 3.63) is 65.9 Å². The topological polar surface area (TPSA) is 33.5 Å². The summed E-state index contributed by atoms with van der Waals surface area (Å²) in [5.74, 6) is 0. The van der Waals surface area contributed by atoms with E-state index in [0.29, 0.717) is 5.56 Å². The van der Waals surface area contributed by atoms with Crippen molar-refractivity contribution in [3.63, 3.8) is 0 Å². The van der Waals surface area contributed by atoms with Crippen LogP contribution >= 0.6 is 11.8 Å². The number of para-hydroxylation sites is 1. The Morgan fingerprint density at radius 2 is 1.93 bits per heavy atom. The summed E-state index contributed by atoms with van der Waals surface area (Å²) in [7, 11) is 0. The highest BCUT2D eigenvalue weighted by Crippen LogP contribution is 2.50. The zero-order valence-electron chi connectivity index (χ0n) is 16.5. The minimum absolute atomic E-state index is 0.259. The average molecular weight is 391 g/mol. The molecule has 0 saturated carbocycles. The molecule has 2 aromatic rings. The van der Waals surface area contributed by atoms with Gasteiger partial charge in [-0.05, 0) is 50.3 Å². The highest BCUT2D eigenvalue weighted by Gasteiger charge is 2.39. The molecular formula is C23H26N4S. The van der Waals surface area contributed by atoms with Gasteiger partial charge < -0.3 is 14.7 Å². The van der Waals surface area contributed by atoms with E-state index in [1.165, 1.54) is 16.3 Å². The molecule has 1 unspecified atom stereocenters. The first-order chi connectivity index (χ1) is 13.7. The fourth-order valence-electron chi connectivity index (χ4n) is 3.96. The lowest BCUT2D eigenvalue weighted by Gasteiger charge is -2.30. The van der Waals surface area contributed by atoms with E-state index in [1.807, 2.05) is 30.0 Å². The van der Waals surface area contributed by atoms with Gasteiger partial charge in [-0.3, -0.25) is 0 Å². The second kappa shape index (κ2) is 8.30. The number of hydrogen-bond acceptors (Lipinski definition) is 5. The number of fused-ring (bicyclic) bond motifs is 3. The summed E-state index contributed by atoms with van der Waals surface area (Å²) in [5.41, 5.74) is 4.58. The van der Waals surface area contributed by atoms with Crippen molar-refractivity contribution in [1.29, 1.82) is 5.26 Å². The molecule has 0 saturated heterocycles. The zero-order chi connectivity index (χ0) is 19.5. The van der Waals surface area contributed by atoms with Gasteiger partial charge in [0, 0.05) is 23.2 Å².